The van der Waals surface area contributed by atoms with Crippen LogP contribution in [0.5, 0.6) is 5.75 Å². The van der Waals surface area contributed by atoms with Crippen LogP contribution in [-0.2, 0) is 4.74 Å². The number of esters is 1. The molecule has 0 fully saturated rings. The van der Waals surface area contributed by atoms with Gasteiger partial charge >= 0.3 is 5.97 Å². The molecule has 2 rings (SSSR count). The number of ketones is 1. The Hall–Kier alpha value is -2.62. The highest BCUT2D eigenvalue weighted by atomic mass is 16.5. The van der Waals surface area contributed by atoms with Crippen LogP contribution in [0.15, 0.2) is 42.5 Å². The van der Waals surface area contributed by atoms with Crippen molar-refractivity contribution < 1.29 is 19.4 Å². The van der Waals surface area contributed by atoms with Crippen LogP contribution >= 0.6 is 0 Å². The predicted molar refractivity (Wildman–Crippen MR) is 129 cm³/mol. The number of carbonyl (C=O) groups excluding carboxylic acids is 2. The number of benzene rings is 2. The van der Waals surface area contributed by atoms with Gasteiger partial charge in [-0.05, 0) is 37.1 Å². The number of ether oxygens (including phenoxy) is 1. The Bertz CT molecular complexity index is 779. The van der Waals surface area contributed by atoms with Crippen molar-refractivity contribution in [2.24, 2.45) is 0 Å². The number of aromatic hydroxyl groups is 1. The van der Waals surface area contributed by atoms with Gasteiger partial charge in [0, 0.05) is 5.56 Å². The Morgan fingerprint density at radius 2 is 1.39 bits per heavy atom. The molecule has 0 atom stereocenters. The third-order valence-electron chi connectivity index (χ3n) is 4.02. The number of hydrogen-bond donors (Lipinski definition) is 1. The number of hydrogen-bond acceptors (Lipinski definition) is 4. The van der Waals surface area contributed by atoms with E-state index in [-0.39, 0.29) is 22.4 Å². The second-order valence-electron chi connectivity index (χ2n) is 7.51. The third kappa shape index (κ3) is 10.8. The van der Waals surface area contributed by atoms with Gasteiger partial charge < -0.3 is 9.84 Å². The van der Waals surface area contributed by atoms with Crippen LogP contribution in [0.2, 0.25) is 0 Å². The minimum absolute atomic E-state index is 0.0901. The molecule has 0 radical (unpaired) electrons. The van der Waals surface area contributed by atoms with E-state index in [2.05, 4.69) is 34.6 Å². The molecule has 0 aliphatic rings. The van der Waals surface area contributed by atoms with Crippen molar-refractivity contribution >= 4 is 11.8 Å². The maximum Gasteiger partial charge on any atom is 0.338 e. The van der Waals surface area contributed by atoms with Crippen molar-refractivity contribution in [2.45, 2.75) is 80.1 Å². The van der Waals surface area contributed by atoms with Crippen molar-refractivity contribution in [1.29, 1.82) is 0 Å². The Labute approximate surface area is 188 Å². The first-order valence-electron chi connectivity index (χ1n) is 11.5. The highest BCUT2D eigenvalue weighted by Gasteiger charge is 2.21. The van der Waals surface area contributed by atoms with Gasteiger partial charge in [-0.2, -0.15) is 0 Å². The van der Waals surface area contributed by atoms with Crippen LogP contribution in [0.3, 0.4) is 0 Å². The lowest BCUT2D eigenvalue weighted by Crippen LogP contribution is -2.13. The summed E-state index contributed by atoms with van der Waals surface area (Å²) in [5.74, 6) is -0.990. The van der Waals surface area contributed by atoms with Gasteiger partial charge in [-0.15, -0.1) is 0 Å². The lowest BCUT2D eigenvalue weighted by Gasteiger charge is -2.10. The average Bonchev–Trinajstić information content (AvgIpc) is 2.74. The molecule has 31 heavy (non-hydrogen) atoms. The van der Waals surface area contributed by atoms with Crippen LogP contribution in [0.4, 0.5) is 0 Å². The maximum atomic E-state index is 12.8. The molecule has 2 aromatic rings. The fourth-order valence-electron chi connectivity index (χ4n) is 2.61. The summed E-state index contributed by atoms with van der Waals surface area (Å²) in [7, 11) is 0. The molecule has 0 aliphatic heterocycles. The Morgan fingerprint density at radius 1 is 0.806 bits per heavy atom. The first-order chi connectivity index (χ1) is 14.9. The minimum Gasteiger partial charge on any atom is -0.507 e. The zero-order valence-electron chi connectivity index (χ0n) is 20.2. The van der Waals surface area contributed by atoms with Crippen LogP contribution in [0.1, 0.15) is 105 Å². The van der Waals surface area contributed by atoms with Crippen molar-refractivity contribution in [3.63, 3.8) is 0 Å². The molecule has 1 N–H and O–H groups in total. The zero-order valence-corrected chi connectivity index (χ0v) is 20.2. The van der Waals surface area contributed by atoms with E-state index in [1.165, 1.54) is 18.9 Å². The van der Waals surface area contributed by atoms with E-state index in [4.69, 9.17) is 4.74 Å². The number of carbonyl (C=O) groups is 2. The van der Waals surface area contributed by atoms with Crippen molar-refractivity contribution in [2.75, 3.05) is 6.61 Å². The quantitative estimate of drug-likeness (QED) is 0.268. The van der Waals surface area contributed by atoms with Gasteiger partial charge in [-0.25, -0.2) is 4.79 Å². The molecular formula is C27H40O4. The summed E-state index contributed by atoms with van der Waals surface area (Å²) in [4.78, 5) is 25.1. The highest BCUT2D eigenvalue weighted by Crippen LogP contribution is 2.24. The Balaban J connectivity index is 0.00000134. The molecule has 0 spiro atoms. The first kappa shape index (κ1) is 28.4. The summed E-state index contributed by atoms with van der Waals surface area (Å²) in [6.07, 6.45) is 6.56. The van der Waals surface area contributed by atoms with E-state index < -0.39 is 11.8 Å². The molecule has 2 aromatic carbocycles. The van der Waals surface area contributed by atoms with E-state index in [1.54, 1.807) is 36.4 Å². The lowest BCUT2D eigenvalue weighted by molar-refractivity contribution is 0.0495. The molecule has 4 nitrogen and oxygen atoms in total. The van der Waals surface area contributed by atoms with Gasteiger partial charge in [0.2, 0.25) is 0 Å². The lowest BCUT2D eigenvalue weighted by atomic mass is 9.97. The number of rotatable bonds is 8. The molecule has 0 saturated carbocycles. The van der Waals surface area contributed by atoms with Gasteiger partial charge in [0.25, 0.3) is 0 Å². The molecule has 0 bridgehead atoms. The van der Waals surface area contributed by atoms with Crippen LogP contribution < -0.4 is 0 Å². The smallest absolute Gasteiger partial charge is 0.338 e. The topological polar surface area (TPSA) is 63.6 Å². The predicted octanol–water partition coefficient (Wildman–Crippen LogP) is 7.50. The normalized spacial score (nSPS) is 9.61. The van der Waals surface area contributed by atoms with Crippen molar-refractivity contribution in [3.05, 3.63) is 64.7 Å². The molecule has 0 aliphatic carbocycles. The zero-order chi connectivity index (χ0) is 23.6. The SMILES string of the molecule is CCC.CCC.CCCCCCOC(=O)c1ccccc1C(=O)c1ccc(C)cc1O. The van der Waals surface area contributed by atoms with Gasteiger partial charge in [0.05, 0.1) is 17.7 Å². The highest BCUT2D eigenvalue weighted by molar-refractivity contribution is 6.15. The van der Waals surface area contributed by atoms with Gasteiger partial charge in [-0.3, -0.25) is 4.79 Å². The molecule has 0 amide bonds. The van der Waals surface area contributed by atoms with E-state index in [1.807, 2.05) is 6.92 Å². The standard InChI is InChI=1S/C21H24O4.2C3H8/c1-3-4-5-8-13-25-21(24)17-10-7-6-9-16(17)20(23)18-12-11-15(2)14-19(18)22;2*1-3-2/h6-7,9-12,14,22H,3-5,8,13H2,1-2H3;2*3H2,1-2H3. The Morgan fingerprint density at radius 3 is 1.94 bits per heavy atom. The average molecular weight is 429 g/mol. The van der Waals surface area contributed by atoms with Gasteiger partial charge in [0.15, 0.2) is 5.78 Å². The molecular weight excluding hydrogens is 388 g/mol. The fraction of sp³-hybridized carbons (Fsp3) is 0.481. The number of phenols is 1. The largest absolute Gasteiger partial charge is 0.507 e. The van der Waals surface area contributed by atoms with Gasteiger partial charge in [-0.1, -0.05) is 91.0 Å². The second kappa shape index (κ2) is 17.1. The van der Waals surface area contributed by atoms with E-state index in [9.17, 15) is 14.7 Å². The fourth-order valence-corrected chi connectivity index (χ4v) is 2.61. The van der Waals surface area contributed by atoms with E-state index >= 15 is 0 Å². The van der Waals surface area contributed by atoms with Crippen LogP contribution in [0, 0.1) is 6.92 Å². The van der Waals surface area contributed by atoms with E-state index in [0.717, 1.165) is 31.2 Å². The summed E-state index contributed by atoms with van der Waals surface area (Å²) < 4.78 is 5.30. The van der Waals surface area contributed by atoms with Crippen LogP contribution in [0.25, 0.3) is 0 Å². The molecule has 0 heterocycles. The van der Waals surface area contributed by atoms with Crippen molar-refractivity contribution in [3.8, 4) is 5.75 Å². The summed E-state index contributed by atoms with van der Waals surface area (Å²) in [5, 5.41) is 10.0. The maximum absolute atomic E-state index is 12.8. The van der Waals surface area contributed by atoms with E-state index in [0.29, 0.717) is 6.61 Å². The number of aryl methyl sites for hydroxylation is 1. The molecule has 0 unspecified atom stereocenters. The summed E-state index contributed by atoms with van der Waals surface area (Å²) >= 11 is 0. The molecule has 172 valence electrons. The second-order valence-corrected chi connectivity index (χ2v) is 7.51. The van der Waals surface area contributed by atoms with Crippen molar-refractivity contribution in [1.82, 2.24) is 0 Å². The number of phenolic OH excluding ortho intramolecular Hbond substituents is 1. The Kier molecular flexibility index (Phi) is 15.7. The summed E-state index contributed by atoms with van der Waals surface area (Å²) in [6.45, 7) is 12.8. The first-order valence-corrected chi connectivity index (χ1v) is 11.5. The molecule has 0 saturated heterocycles. The van der Waals surface area contributed by atoms with Crippen LogP contribution in [-0.4, -0.2) is 23.5 Å². The molecule has 0 aromatic heterocycles. The summed E-state index contributed by atoms with van der Waals surface area (Å²) in [6, 6.07) is 11.4. The molecule has 4 heteroatoms. The third-order valence-corrected chi connectivity index (χ3v) is 4.02. The number of unbranched alkanes of at least 4 members (excludes halogenated alkanes) is 3. The summed E-state index contributed by atoms with van der Waals surface area (Å²) in [5.41, 5.74) is 1.49. The van der Waals surface area contributed by atoms with Gasteiger partial charge in [0.1, 0.15) is 5.75 Å². The monoisotopic (exact) mass is 428 g/mol. The minimum atomic E-state index is -0.507.